The number of aryl methyl sites for hydroxylation is 1. The van der Waals surface area contributed by atoms with Crippen molar-refractivity contribution in [2.24, 2.45) is 0 Å². The van der Waals surface area contributed by atoms with Gasteiger partial charge >= 0.3 is 0 Å². The molecule has 6 heteroatoms. The van der Waals surface area contributed by atoms with E-state index in [0.717, 1.165) is 41.7 Å². The highest BCUT2D eigenvalue weighted by molar-refractivity contribution is 9.10. The first kappa shape index (κ1) is 18.4. The van der Waals surface area contributed by atoms with Crippen LogP contribution in [-0.2, 0) is 0 Å². The molecule has 0 aliphatic rings. The van der Waals surface area contributed by atoms with E-state index in [2.05, 4.69) is 45.1 Å². The van der Waals surface area contributed by atoms with Crippen LogP contribution in [0.2, 0.25) is 0 Å². The van der Waals surface area contributed by atoms with E-state index in [1.165, 1.54) is 0 Å². The van der Waals surface area contributed by atoms with Crippen LogP contribution in [0.15, 0.2) is 34.9 Å². The van der Waals surface area contributed by atoms with E-state index in [1.807, 2.05) is 30.0 Å². The van der Waals surface area contributed by atoms with E-state index in [9.17, 15) is 4.79 Å². The summed E-state index contributed by atoms with van der Waals surface area (Å²) in [6.07, 6.45) is 3.48. The zero-order valence-corrected chi connectivity index (χ0v) is 15.9. The summed E-state index contributed by atoms with van der Waals surface area (Å²) >= 11 is 3.45. The van der Waals surface area contributed by atoms with Gasteiger partial charge < -0.3 is 10.2 Å². The monoisotopic (exact) mass is 390 g/mol. The molecule has 1 N–H and O–H groups in total. The maximum atomic E-state index is 12.6. The minimum Gasteiger partial charge on any atom is -0.337 e. The van der Waals surface area contributed by atoms with Gasteiger partial charge in [-0.3, -0.25) is 4.79 Å². The average Bonchev–Trinajstić information content (AvgIpc) is 2.57. The van der Waals surface area contributed by atoms with Crippen LogP contribution in [0.25, 0.3) is 0 Å². The number of rotatable bonds is 7. The van der Waals surface area contributed by atoms with Crippen LogP contribution in [0.3, 0.4) is 0 Å². The summed E-state index contributed by atoms with van der Waals surface area (Å²) < 4.78 is 1.02. The van der Waals surface area contributed by atoms with Crippen molar-refractivity contribution in [2.45, 2.75) is 33.6 Å². The minimum absolute atomic E-state index is 0.0447. The molecule has 1 aromatic carbocycles. The fourth-order valence-corrected chi connectivity index (χ4v) is 2.92. The van der Waals surface area contributed by atoms with Gasteiger partial charge in [-0.25, -0.2) is 9.97 Å². The number of benzene rings is 1. The summed E-state index contributed by atoms with van der Waals surface area (Å²) in [5, 5.41) is 3.18. The molecule has 0 saturated carbocycles. The molecule has 0 spiro atoms. The summed E-state index contributed by atoms with van der Waals surface area (Å²) in [6, 6.07) is 7.59. The van der Waals surface area contributed by atoms with Gasteiger partial charge in [0, 0.05) is 29.4 Å². The molecule has 0 aliphatic heterocycles. The molecule has 0 saturated heterocycles. The second-order valence-electron chi connectivity index (χ2n) is 5.64. The SMILES string of the molecule is CCCN(CCC)C(=O)c1ccnc(Nc2ccc(Br)cc2C)n1. The number of aromatic nitrogens is 2. The van der Waals surface area contributed by atoms with Gasteiger partial charge in [-0.1, -0.05) is 29.8 Å². The Balaban J connectivity index is 2.20. The molecule has 24 heavy (non-hydrogen) atoms. The average molecular weight is 391 g/mol. The first-order valence-corrected chi connectivity index (χ1v) is 9.00. The Hall–Kier alpha value is -1.95. The van der Waals surface area contributed by atoms with E-state index < -0.39 is 0 Å². The van der Waals surface area contributed by atoms with Crippen LogP contribution < -0.4 is 5.32 Å². The van der Waals surface area contributed by atoms with Gasteiger partial charge in [0.05, 0.1) is 0 Å². The van der Waals surface area contributed by atoms with Gasteiger partial charge in [0.1, 0.15) is 5.69 Å². The van der Waals surface area contributed by atoms with Crippen molar-refractivity contribution < 1.29 is 4.79 Å². The smallest absolute Gasteiger partial charge is 0.272 e. The molecule has 5 nitrogen and oxygen atoms in total. The highest BCUT2D eigenvalue weighted by Crippen LogP contribution is 2.22. The van der Waals surface area contributed by atoms with Gasteiger partial charge in [-0.05, 0) is 49.6 Å². The first-order chi connectivity index (χ1) is 11.5. The molecule has 128 valence electrons. The van der Waals surface area contributed by atoms with Crippen molar-refractivity contribution in [2.75, 3.05) is 18.4 Å². The largest absolute Gasteiger partial charge is 0.337 e. The molecular weight excluding hydrogens is 368 g/mol. The fraction of sp³-hybridized carbons (Fsp3) is 0.389. The minimum atomic E-state index is -0.0447. The van der Waals surface area contributed by atoms with Gasteiger partial charge in [0.15, 0.2) is 0 Å². The quantitative estimate of drug-likeness (QED) is 0.752. The number of hydrogen-bond donors (Lipinski definition) is 1. The zero-order valence-electron chi connectivity index (χ0n) is 14.3. The van der Waals surface area contributed by atoms with Crippen molar-refractivity contribution in [1.82, 2.24) is 14.9 Å². The van der Waals surface area contributed by atoms with Crippen molar-refractivity contribution in [3.05, 3.63) is 46.2 Å². The number of carbonyl (C=O) groups excluding carboxylic acids is 1. The number of carbonyl (C=O) groups is 1. The molecule has 0 fully saturated rings. The Morgan fingerprint density at radius 1 is 1.21 bits per heavy atom. The fourth-order valence-electron chi connectivity index (χ4n) is 2.44. The Bertz CT molecular complexity index is 699. The summed E-state index contributed by atoms with van der Waals surface area (Å²) in [6.45, 7) is 7.63. The molecule has 0 bridgehead atoms. The molecule has 2 aromatic rings. The predicted molar refractivity (Wildman–Crippen MR) is 101 cm³/mol. The maximum Gasteiger partial charge on any atom is 0.272 e. The summed E-state index contributed by atoms with van der Waals surface area (Å²) in [4.78, 5) is 23.1. The predicted octanol–water partition coefficient (Wildman–Crippen LogP) is 4.55. The second-order valence-corrected chi connectivity index (χ2v) is 6.56. The van der Waals surface area contributed by atoms with Crippen LogP contribution in [0.5, 0.6) is 0 Å². The third-order valence-corrected chi connectivity index (χ3v) is 4.08. The number of hydrogen-bond acceptors (Lipinski definition) is 4. The summed E-state index contributed by atoms with van der Waals surface area (Å²) in [5.74, 6) is 0.385. The molecule has 2 rings (SSSR count). The van der Waals surface area contributed by atoms with Gasteiger partial charge in [0.25, 0.3) is 5.91 Å². The van der Waals surface area contributed by atoms with Crippen molar-refractivity contribution >= 4 is 33.5 Å². The maximum absolute atomic E-state index is 12.6. The molecule has 1 aromatic heterocycles. The molecule has 0 unspecified atom stereocenters. The van der Waals surface area contributed by atoms with E-state index in [-0.39, 0.29) is 5.91 Å². The van der Waals surface area contributed by atoms with Crippen LogP contribution in [0, 0.1) is 6.92 Å². The number of anilines is 2. The summed E-state index contributed by atoms with van der Waals surface area (Å²) in [5.41, 5.74) is 2.41. The number of amides is 1. The van der Waals surface area contributed by atoms with Gasteiger partial charge in [0.2, 0.25) is 5.95 Å². The molecule has 1 heterocycles. The van der Waals surface area contributed by atoms with Crippen LogP contribution >= 0.6 is 15.9 Å². The van der Waals surface area contributed by atoms with Crippen molar-refractivity contribution in [1.29, 1.82) is 0 Å². The lowest BCUT2D eigenvalue weighted by molar-refractivity contribution is 0.0749. The van der Waals surface area contributed by atoms with Crippen molar-refractivity contribution in [3.63, 3.8) is 0 Å². The Morgan fingerprint density at radius 2 is 1.92 bits per heavy atom. The standard InChI is InChI=1S/C18H23BrN4O/c1-4-10-23(11-5-2)17(24)16-8-9-20-18(22-16)21-15-7-6-14(19)12-13(15)3/h6-9,12H,4-5,10-11H2,1-3H3,(H,20,21,22). The lowest BCUT2D eigenvalue weighted by Gasteiger charge is -2.21. The second kappa shape index (κ2) is 8.78. The number of halogens is 1. The van der Waals surface area contributed by atoms with Crippen molar-refractivity contribution in [3.8, 4) is 0 Å². The molecule has 0 radical (unpaired) electrons. The topological polar surface area (TPSA) is 58.1 Å². The normalized spacial score (nSPS) is 10.5. The third kappa shape index (κ3) is 4.77. The molecule has 0 atom stereocenters. The van der Waals surface area contributed by atoms with Crippen LogP contribution in [0.1, 0.15) is 42.7 Å². The van der Waals surface area contributed by atoms with Gasteiger partial charge in [-0.2, -0.15) is 0 Å². The number of nitrogens with zero attached hydrogens (tertiary/aromatic N) is 3. The summed E-state index contributed by atoms with van der Waals surface area (Å²) in [7, 11) is 0. The highest BCUT2D eigenvalue weighted by Gasteiger charge is 2.16. The highest BCUT2D eigenvalue weighted by atomic mass is 79.9. The first-order valence-electron chi connectivity index (χ1n) is 8.20. The van der Waals surface area contributed by atoms with E-state index in [1.54, 1.807) is 12.3 Å². The molecule has 1 amide bonds. The van der Waals surface area contributed by atoms with E-state index >= 15 is 0 Å². The lowest BCUT2D eigenvalue weighted by atomic mass is 10.2. The third-order valence-electron chi connectivity index (χ3n) is 3.58. The Kier molecular flexibility index (Phi) is 6.73. The van der Waals surface area contributed by atoms with Crippen LogP contribution in [-0.4, -0.2) is 33.9 Å². The number of nitrogens with one attached hydrogen (secondary N) is 1. The van der Waals surface area contributed by atoms with Crippen LogP contribution in [0.4, 0.5) is 11.6 Å². The van der Waals surface area contributed by atoms with E-state index in [4.69, 9.17) is 0 Å². The Morgan fingerprint density at radius 3 is 2.54 bits per heavy atom. The zero-order chi connectivity index (χ0) is 17.5. The van der Waals surface area contributed by atoms with E-state index in [0.29, 0.717) is 11.6 Å². The molecule has 0 aliphatic carbocycles. The lowest BCUT2D eigenvalue weighted by Crippen LogP contribution is -2.33. The van der Waals surface area contributed by atoms with Gasteiger partial charge in [-0.15, -0.1) is 0 Å². The molecular formula is C18H23BrN4O. The Labute approximate surface area is 151 Å².